The van der Waals surface area contributed by atoms with Crippen LogP contribution in [0.15, 0.2) is 72.0 Å². The normalized spacial score (nSPS) is 10.7. The van der Waals surface area contributed by atoms with Crippen molar-refractivity contribution in [3.8, 4) is 5.69 Å². The molecule has 0 aliphatic rings. The molecule has 0 saturated heterocycles. The summed E-state index contributed by atoms with van der Waals surface area (Å²) >= 11 is 5.92. The van der Waals surface area contributed by atoms with Gasteiger partial charge >= 0.3 is 0 Å². The second-order valence-electron chi connectivity index (χ2n) is 5.74. The highest BCUT2D eigenvalue weighted by atomic mass is 35.5. The molecular weight excluding hydrogens is 364 g/mol. The third kappa shape index (κ3) is 4.83. The van der Waals surface area contributed by atoms with Crippen LogP contribution in [0.4, 0.5) is 5.69 Å². The molecule has 1 heterocycles. The number of anilines is 1. The van der Waals surface area contributed by atoms with E-state index in [1.165, 1.54) is 6.92 Å². The minimum atomic E-state index is -0.372. The number of aromatic nitrogens is 1. The molecule has 3 aromatic rings. The topological polar surface area (TPSA) is 75.5 Å². The van der Waals surface area contributed by atoms with Gasteiger partial charge in [-0.2, -0.15) is 5.10 Å². The predicted octanol–water partition coefficient (Wildman–Crippen LogP) is 3.85. The maximum Gasteiger partial charge on any atom is 0.271 e. The number of rotatable bonds is 5. The zero-order valence-electron chi connectivity index (χ0n) is 14.5. The Morgan fingerprint density at radius 2 is 1.85 bits per heavy atom. The van der Waals surface area contributed by atoms with E-state index in [9.17, 15) is 9.59 Å². The summed E-state index contributed by atoms with van der Waals surface area (Å²) in [4.78, 5) is 23.4. The van der Waals surface area contributed by atoms with E-state index in [0.717, 1.165) is 11.4 Å². The van der Waals surface area contributed by atoms with Crippen LogP contribution in [-0.2, 0) is 4.79 Å². The van der Waals surface area contributed by atoms with Crippen LogP contribution >= 0.6 is 11.6 Å². The van der Waals surface area contributed by atoms with Gasteiger partial charge in [0.25, 0.3) is 5.91 Å². The number of hydrazone groups is 1. The molecule has 27 heavy (non-hydrogen) atoms. The summed E-state index contributed by atoms with van der Waals surface area (Å²) in [6, 6.07) is 17.8. The van der Waals surface area contributed by atoms with E-state index < -0.39 is 0 Å². The first-order valence-electron chi connectivity index (χ1n) is 8.17. The maximum absolute atomic E-state index is 12.2. The van der Waals surface area contributed by atoms with Crippen molar-refractivity contribution >= 4 is 35.3 Å². The minimum Gasteiger partial charge on any atom is -0.326 e. The Balaban J connectivity index is 1.70. The zero-order chi connectivity index (χ0) is 19.2. The van der Waals surface area contributed by atoms with E-state index in [-0.39, 0.29) is 11.8 Å². The second kappa shape index (κ2) is 8.33. The molecule has 0 unspecified atom stereocenters. The van der Waals surface area contributed by atoms with Gasteiger partial charge in [0.1, 0.15) is 0 Å². The molecule has 6 nitrogen and oxygen atoms in total. The molecule has 0 aliphatic carbocycles. The fourth-order valence-corrected chi connectivity index (χ4v) is 2.63. The molecule has 2 N–H and O–H groups in total. The van der Waals surface area contributed by atoms with Crippen LogP contribution in [0.1, 0.15) is 23.0 Å². The molecule has 0 atom stereocenters. The highest BCUT2D eigenvalue weighted by Gasteiger charge is 2.06. The Kier molecular flexibility index (Phi) is 5.68. The summed E-state index contributed by atoms with van der Waals surface area (Å²) in [6.07, 6.45) is 3.45. The average Bonchev–Trinajstić information content (AvgIpc) is 3.10. The molecule has 0 radical (unpaired) electrons. The molecule has 1 aromatic heterocycles. The molecule has 0 bridgehead atoms. The molecule has 0 spiro atoms. The molecular formula is C20H17ClN4O2. The number of hydrogen-bond donors (Lipinski definition) is 2. The quantitative estimate of drug-likeness (QED) is 0.521. The van der Waals surface area contributed by atoms with Gasteiger partial charge in [0.15, 0.2) is 0 Å². The standard InChI is InChI=1S/C20H17ClN4O2/c1-14(26)23-17-5-2-4-15(12-17)20(27)24-22-13-19-6-3-11-25(19)18-9-7-16(21)8-10-18/h2-13H,1H3,(H,23,26)(H,24,27). The summed E-state index contributed by atoms with van der Waals surface area (Å²) in [5, 5.41) is 7.33. The monoisotopic (exact) mass is 380 g/mol. The maximum atomic E-state index is 12.2. The van der Waals surface area contributed by atoms with E-state index in [1.54, 1.807) is 30.5 Å². The number of hydrogen-bond acceptors (Lipinski definition) is 3. The van der Waals surface area contributed by atoms with Crippen molar-refractivity contribution in [3.63, 3.8) is 0 Å². The van der Waals surface area contributed by atoms with E-state index in [1.807, 2.05) is 47.2 Å². The van der Waals surface area contributed by atoms with Crippen LogP contribution < -0.4 is 10.7 Å². The highest BCUT2D eigenvalue weighted by Crippen LogP contribution is 2.15. The third-order valence-corrected chi connectivity index (χ3v) is 3.95. The van der Waals surface area contributed by atoms with Crippen molar-refractivity contribution in [1.82, 2.24) is 9.99 Å². The summed E-state index contributed by atoms with van der Waals surface area (Å²) in [6.45, 7) is 1.41. The van der Waals surface area contributed by atoms with Crippen molar-refractivity contribution in [3.05, 3.63) is 83.1 Å². The highest BCUT2D eigenvalue weighted by molar-refractivity contribution is 6.30. The van der Waals surface area contributed by atoms with Crippen molar-refractivity contribution in [1.29, 1.82) is 0 Å². The molecule has 0 aliphatic heterocycles. The van der Waals surface area contributed by atoms with Crippen molar-refractivity contribution < 1.29 is 9.59 Å². The van der Waals surface area contributed by atoms with Gasteiger partial charge in [-0.05, 0) is 54.6 Å². The molecule has 0 saturated carbocycles. The Hall–Kier alpha value is -3.38. The van der Waals surface area contributed by atoms with Gasteiger partial charge in [-0.25, -0.2) is 5.43 Å². The predicted molar refractivity (Wildman–Crippen MR) is 107 cm³/mol. The number of nitrogens with zero attached hydrogens (tertiary/aromatic N) is 2. The molecule has 2 amide bonds. The van der Waals surface area contributed by atoms with Crippen LogP contribution in [0, 0.1) is 0 Å². The fourth-order valence-electron chi connectivity index (χ4n) is 2.50. The Labute approximate surface area is 161 Å². The molecule has 2 aromatic carbocycles. The minimum absolute atomic E-state index is 0.200. The number of amides is 2. The van der Waals surface area contributed by atoms with Crippen molar-refractivity contribution in [2.75, 3.05) is 5.32 Å². The molecule has 136 valence electrons. The number of benzene rings is 2. The fraction of sp³-hybridized carbons (Fsp3) is 0.0500. The Bertz CT molecular complexity index is 993. The lowest BCUT2D eigenvalue weighted by molar-refractivity contribution is -0.114. The van der Waals surface area contributed by atoms with E-state index in [0.29, 0.717) is 16.3 Å². The van der Waals surface area contributed by atoms with Crippen LogP contribution in [0.25, 0.3) is 5.69 Å². The number of nitrogens with one attached hydrogen (secondary N) is 2. The van der Waals surface area contributed by atoms with E-state index in [2.05, 4.69) is 15.8 Å². The van der Waals surface area contributed by atoms with Crippen LogP contribution in [0.5, 0.6) is 0 Å². The third-order valence-electron chi connectivity index (χ3n) is 3.69. The second-order valence-corrected chi connectivity index (χ2v) is 6.18. The first kappa shape index (κ1) is 18.4. The smallest absolute Gasteiger partial charge is 0.271 e. The number of carbonyl (C=O) groups excluding carboxylic acids is 2. The zero-order valence-corrected chi connectivity index (χ0v) is 15.3. The Morgan fingerprint density at radius 1 is 1.07 bits per heavy atom. The van der Waals surface area contributed by atoms with Crippen LogP contribution in [-0.4, -0.2) is 22.6 Å². The van der Waals surface area contributed by atoms with Crippen LogP contribution in [0.3, 0.4) is 0 Å². The Morgan fingerprint density at radius 3 is 2.59 bits per heavy atom. The first-order chi connectivity index (χ1) is 13.0. The van der Waals surface area contributed by atoms with Gasteiger partial charge in [0.05, 0.1) is 11.9 Å². The lowest BCUT2D eigenvalue weighted by atomic mass is 10.2. The lowest BCUT2D eigenvalue weighted by Crippen LogP contribution is -2.18. The molecule has 7 heteroatoms. The summed E-state index contributed by atoms with van der Waals surface area (Å²) in [5.41, 5.74) is 5.16. The largest absolute Gasteiger partial charge is 0.326 e. The van der Waals surface area contributed by atoms with Gasteiger partial charge < -0.3 is 9.88 Å². The molecule has 3 rings (SSSR count). The summed E-state index contributed by atoms with van der Waals surface area (Å²) in [5.74, 6) is -0.573. The number of carbonyl (C=O) groups is 2. The van der Waals surface area contributed by atoms with Crippen molar-refractivity contribution in [2.45, 2.75) is 6.92 Å². The van der Waals surface area contributed by atoms with Gasteiger partial charge in [-0.3, -0.25) is 9.59 Å². The van der Waals surface area contributed by atoms with Crippen molar-refractivity contribution in [2.24, 2.45) is 5.10 Å². The number of halogens is 1. The van der Waals surface area contributed by atoms with Crippen LogP contribution in [0.2, 0.25) is 5.02 Å². The molecule has 0 fully saturated rings. The van der Waals surface area contributed by atoms with Gasteiger partial charge in [0.2, 0.25) is 5.91 Å². The lowest BCUT2D eigenvalue weighted by Gasteiger charge is -2.06. The van der Waals surface area contributed by atoms with Gasteiger partial charge in [-0.15, -0.1) is 0 Å². The van der Waals surface area contributed by atoms with Gasteiger partial charge in [0, 0.05) is 35.1 Å². The van der Waals surface area contributed by atoms with Gasteiger partial charge in [-0.1, -0.05) is 17.7 Å². The average molecular weight is 381 g/mol. The SMILES string of the molecule is CC(=O)Nc1cccc(C(=O)NN=Cc2cccn2-c2ccc(Cl)cc2)c1. The first-order valence-corrected chi connectivity index (χ1v) is 8.55. The summed E-state index contributed by atoms with van der Waals surface area (Å²) < 4.78 is 1.92. The van der Waals surface area contributed by atoms with E-state index >= 15 is 0 Å². The van der Waals surface area contributed by atoms with E-state index in [4.69, 9.17) is 11.6 Å². The summed E-state index contributed by atoms with van der Waals surface area (Å²) in [7, 11) is 0.